The summed E-state index contributed by atoms with van der Waals surface area (Å²) in [7, 11) is 0. The van der Waals surface area contributed by atoms with Crippen LogP contribution in [-0.4, -0.2) is 30.4 Å². The Morgan fingerprint density at radius 3 is 2.76 bits per heavy atom. The van der Waals surface area contributed by atoms with E-state index in [4.69, 9.17) is 14.2 Å². The van der Waals surface area contributed by atoms with E-state index >= 15 is 0 Å². The van der Waals surface area contributed by atoms with Crippen molar-refractivity contribution in [2.45, 2.75) is 18.4 Å². The molecule has 0 unspecified atom stereocenters. The number of amides is 1. The van der Waals surface area contributed by atoms with Gasteiger partial charge in [0.15, 0.2) is 11.5 Å². The van der Waals surface area contributed by atoms with Crippen molar-refractivity contribution in [3.8, 4) is 17.2 Å². The zero-order valence-corrected chi connectivity index (χ0v) is 17.7. The van der Waals surface area contributed by atoms with Gasteiger partial charge in [-0.1, -0.05) is 6.07 Å². The lowest BCUT2D eigenvalue weighted by atomic mass is 10.2. The van der Waals surface area contributed by atoms with E-state index in [2.05, 4.69) is 10.3 Å². The molecule has 1 aliphatic heterocycles. The SMILES string of the molecule is CSc1cc2c(cc1NC(=O)c1cccc(OCc3csc(C)n3)c1)OCCO2. The van der Waals surface area contributed by atoms with Crippen LogP contribution in [0.1, 0.15) is 21.1 Å². The topological polar surface area (TPSA) is 69.7 Å². The number of anilines is 1. The summed E-state index contributed by atoms with van der Waals surface area (Å²) in [6, 6.07) is 10.8. The lowest BCUT2D eigenvalue weighted by Gasteiger charge is -2.21. The van der Waals surface area contributed by atoms with E-state index in [1.165, 1.54) is 11.8 Å². The molecule has 8 heteroatoms. The molecule has 2 aromatic carbocycles. The third-order valence-electron chi connectivity index (χ3n) is 4.26. The number of aryl methyl sites for hydroxylation is 1. The molecule has 1 amide bonds. The number of benzene rings is 2. The van der Waals surface area contributed by atoms with Gasteiger partial charge in [-0.25, -0.2) is 4.98 Å². The number of carbonyl (C=O) groups excluding carboxylic acids is 1. The number of aromatic nitrogens is 1. The highest BCUT2D eigenvalue weighted by atomic mass is 32.2. The van der Waals surface area contributed by atoms with E-state index in [1.807, 2.05) is 36.8 Å². The molecule has 0 aliphatic carbocycles. The molecule has 29 heavy (non-hydrogen) atoms. The van der Waals surface area contributed by atoms with Gasteiger partial charge in [-0.3, -0.25) is 4.79 Å². The highest BCUT2D eigenvalue weighted by molar-refractivity contribution is 7.98. The number of thiazole rings is 1. The van der Waals surface area contributed by atoms with Crippen molar-refractivity contribution in [2.75, 3.05) is 24.8 Å². The predicted octanol–water partition coefficient (Wildman–Crippen LogP) is 4.78. The second-order valence-electron chi connectivity index (χ2n) is 6.32. The van der Waals surface area contributed by atoms with Gasteiger partial charge in [-0.15, -0.1) is 23.1 Å². The number of thioether (sulfide) groups is 1. The van der Waals surface area contributed by atoms with Crippen LogP contribution in [0.15, 0.2) is 46.7 Å². The summed E-state index contributed by atoms with van der Waals surface area (Å²) in [6.45, 7) is 3.35. The second kappa shape index (κ2) is 8.75. The normalized spacial score (nSPS) is 12.5. The van der Waals surface area contributed by atoms with Crippen LogP contribution < -0.4 is 19.5 Å². The summed E-state index contributed by atoms with van der Waals surface area (Å²) >= 11 is 3.12. The lowest BCUT2D eigenvalue weighted by Crippen LogP contribution is -2.17. The van der Waals surface area contributed by atoms with Gasteiger partial charge in [0.2, 0.25) is 0 Å². The molecule has 4 rings (SSSR count). The Kier molecular flexibility index (Phi) is 5.92. The molecule has 0 bridgehead atoms. The van der Waals surface area contributed by atoms with Gasteiger partial charge >= 0.3 is 0 Å². The number of fused-ring (bicyclic) bond motifs is 1. The lowest BCUT2D eigenvalue weighted by molar-refractivity contribution is 0.102. The minimum atomic E-state index is -0.216. The first-order valence-corrected chi connectivity index (χ1v) is 11.2. The third-order valence-corrected chi connectivity index (χ3v) is 5.86. The van der Waals surface area contributed by atoms with Crippen molar-refractivity contribution in [2.24, 2.45) is 0 Å². The fourth-order valence-corrected chi connectivity index (χ4v) is 4.04. The first-order chi connectivity index (χ1) is 14.1. The molecule has 0 atom stereocenters. The second-order valence-corrected chi connectivity index (χ2v) is 8.23. The highest BCUT2D eigenvalue weighted by Gasteiger charge is 2.17. The van der Waals surface area contributed by atoms with Crippen LogP contribution in [-0.2, 0) is 6.61 Å². The summed E-state index contributed by atoms with van der Waals surface area (Å²) in [4.78, 5) is 18.1. The summed E-state index contributed by atoms with van der Waals surface area (Å²) in [6.07, 6.45) is 1.95. The summed E-state index contributed by atoms with van der Waals surface area (Å²) in [5.41, 5.74) is 2.08. The summed E-state index contributed by atoms with van der Waals surface area (Å²) in [5.74, 6) is 1.74. The Morgan fingerprint density at radius 1 is 1.24 bits per heavy atom. The average Bonchev–Trinajstić information content (AvgIpc) is 3.17. The quantitative estimate of drug-likeness (QED) is 0.570. The molecule has 0 saturated carbocycles. The summed E-state index contributed by atoms with van der Waals surface area (Å²) in [5, 5.41) is 5.94. The predicted molar refractivity (Wildman–Crippen MR) is 115 cm³/mol. The van der Waals surface area contributed by atoms with Crippen molar-refractivity contribution < 1.29 is 19.0 Å². The fourth-order valence-electron chi connectivity index (χ4n) is 2.89. The number of nitrogens with zero attached hydrogens (tertiary/aromatic N) is 1. The minimum absolute atomic E-state index is 0.216. The van der Waals surface area contributed by atoms with Crippen LogP contribution in [0.2, 0.25) is 0 Å². The zero-order valence-electron chi connectivity index (χ0n) is 16.1. The van der Waals surface area contributed by atoms with Gasteiger partial charge in [0, 0.05) is 21.9 Å². The molecule has 0 fully saturated rings. The Morgan fingerprint density at radius 2 is 2.03 bits per heavy atom. The maximum Gasteiger partial charge on any atom is 0.255 e. The van der Waals surface area contributed by atoms with E-state index in [0.29, 0.717) is 48.3 Å². The van der Waals surface area contributed by atoms with E-state index < -0.39 is 0 Å². The average molecular weight is 429 g/mol. The molecule has 1 N–H and O–H groups in total. The smallest absolute Gasteiger partial charge is 0.255 e. The van der Waals surface area contributed by atoms with E-state index in [1.54, 1.807) is 29.5 Å². The molecule has 0 radical (unpaired) electrons. The number of nitrogens with one attached hydrogen (secondary N) is 1. The van der Waals surface area contributed by atoms with E-state index in [-0.39, 0.29) is 5.91 Å². The number of carbonyl (C=O) groups is 1. The molecule has 1 aliphatic rings. The van der Waals surface area contributed by atoms with E-state index in [0.717, 1.165) is 15.6 Å². The Hall–Kier alpha value is -2.71. The van der Waals surface area contributed by atoms with Gasteiger partial charge in [0.1, 0.15) is 25.6 Å². The van der Waals surface area contributed by atoms with Crippen LogP contribution in [0.4, 0.5) is 5.69 Å². The van der Waals surface area contributed by atoms with Crippen LogP contribution in [0.3, 0.4) is 0 Å². The van der Waals surface area contributed by atoms with Gasteiger partial charge in [0.05, 0.1) is 16.4 Å². The number of hydrogen-bond acceptors (Lipinski definition) is 7. The van der Waals surface area contributed by atoms with Crippen molar-refractivity contribution in [3.05, 3.63) is 58.0 Å². The Bertz CT molecular complexity index is 1040. The van der Waals surface area contributed by atoms with Crippen LogP contribution in [0.25, 0.3) is 0 Å². The van der Waals surface area contributed by atoms with E-state index in [9.17, 15) is 4.79 Å². The van der Waals surface area contributed by atoms with Crippen molar-refractivity contribution in [1.82, 2.24) is 4.98 Å². The van der Waals surface area contributed by atoms with Gasteiger partial charge in [0.25, 0.3) is 5.91 Å². The molecule has 1 aromatic heterocycles. The first kappa shape index (κ1) is 19.6. The Balaban J connectivity index is 1.48. The molecule has 3 aromatic rings. The molecular formula is C21H20N2O4S2. The van der Waals surface area contributed by atoms with Gasteiger partial charge in [-0.2, -0.15) is 0 Å². The third kappa shape index (κ3) is 4.65. The molecular weight excluding hydrogens is 408 g/mol. The first-order valence-electron chi connectivity index (χ1n) is 9.05. The van der Waals surface area contributed by atoms with Gasteiger partial charge in [-0.05, 0) is 37.4 Å². The highest BCUT2D eigenvalue weighted by Crippen LogP contribution is 2.39. The standard InChI is InChI=1S/C21H20N2O4S2/c1-13-22-15(12-29-13)11-27-16-5-3-4-14(8-16)21(24)23-17-9-18-19(10-20(17)28-2)26-7-6-25-18/h3-5,8-10,12H,6-7,11H2,1-2H3,(H,23,24). The number of rotatable bonds is 6. The maximum absolute atomic E-state index is 12.8. The monoisotopic (exact) mass is 428 g/mol. The van der Waals surface area contributed by atoms with Crippen molar-refractivity contribution >= 4 is 34.7 Å². The Labute approximate surface area is 177 Å². The fraction of sp³-hybridized carbons (Fsp3) is 0.238. The molecule has 6 nitrogen and oxygen atoms in total. The minimum Gasteiger partial charge on any atom is -0.487 e. The number of hydrogen-bond donors (Lipinski definition) is 1. The number of ether oxygens (including phenoxy) is 3. The van der Waals surface area contributed by atoms with Crippen LogP contribution in [0, 0.1) is 6.92 Å². The zero-order chi connectivity index (χ0) is 20.2. The molecule has 0 saturated heterocycles. The van der Waals surface area contributed by atoms with Crippen molar-refractivity contribution in [1.29, 1.82) is 0 Å². The van der Waals surface area contributed by atoms with Crippen LogP contribution in [0.5, 0.6) is 17.2 Å². The van der Waals surface area contributed by atoms with Crippen molar-refractivity contribution in [3.63, 3.8) is 0 Å². The summed E-state index contributed by atoms with van der Waals surface area (Å²) < 4.78 is 17.0. The maximum atomic E-state index is 12.8. The molecule has 150 valence electrons. The molecule has 2 heterocycles. The van der Waals surface area contributed by atoms with Crippen LogP contribution >= 0.6 is 23.1 Å². The molecule has 0 spiro atoms. The largest absolute Gasteiger partial charge is 0.487 e. The van der Waals surface area contributed by atoms with Gasteiger partial charge < -0.3 is 19.5 Å².